The Labute approximate surface area is 79.0 Å². The highest BCUT2D eigenvalue weighted by Crippen LogP contribution is 2.25. The SMILES string of the molecule is C#CCCC1=C(C)CNCCS1. The Morgan fingerprint density at radius 1 is 1.67 bits per heavy atom. The molecule has 1 aliphatic rings. The normalized spacial score (nSPS) is 18.7. The molecule has 0 fully saturated rings. The number of terminal acetylenes is 1. The molecule has 0 amide bonds. The third kappa shape index (κ3) is 2.92. The lowest BCUT2D eigenvalue weighted by molar-refractivity contribution is 0.784. The van der Waals surface area contributed by atoms with E-state index in [1.165, 1.54) is 16.2 Å². The number of allylic oxidation sites excluding steroid dienone is 1. The summed E-state index contributed by atoms with van der Waals surface area (Å²) in [4.78, 5) is 1.50. The zero-order chi connectivity index (χ0) is 8.81. The summed E-state index contributed by atoms with van der Waals surface area (Å²) >= 11 is 1.95. The van der Waals surface area contributed by atoms with Crippen LogP contribution in [0.2, 0.25) is 0 Å². The molecule has 1 aliphatic heterocycles. The highest BCUT2D eigenvalue weighted by Gasteiger charge is 2.06. The van der Waals surface area contributed by atoms with Crippen LogP contribution in [0.4, 0.5) is 0 Å². The molecule has 0 saturated heterocycles. The monoisotopic (exact) mass is 181 g/mol. The molecule has 1 N–H and O–H groups in total. The summed E-state index contributed by atoms with van der Waals surface area (Å²) in [6, 6.07) is 0. The van der Waals surface area contributed by atoms with Crippen LogP contribution >= 0.6 is 11.8 Å². The van der Waals surface area contributed by atoms with E-state index in [1.54, 1.807) is 0 Å². The van der Waals surface area contributed by atoms with Crippen molar-refractivity contribution in [3.63, 3.8) is 0 Å². The summed E-state index contributed by atoms with van der Waals surface area (Å²) in [5.41, 5.74) is 1.47. The molecule has 1 rings (SSSR count). The largest absolute Gasteiger partial charge is 0.312 e. The first kappa shape index (κ1) is 9.70. The van der Waals surface area contributed by atoms with Crippen LogP contribution in [0, 0.1) is 12.3 Å². The number of thioether (sulfide) groups is 1. The van der Waals surface area contributed by atoms with Gasteiger partial charge in [0, 0.05) is 25.3 Å². The van der Waals surface area contributed by atoms with Crippen LogP contribution in [0.1, 0.15) is 19.8 Å². The third-order valence-corrected chi connectivity index (χ3v) is 3.23. The van der Waals surface area contributed by atoms with Crippen molar-refractivity contribution in [1.29, 1.82) is 0 Å². The van der Waals surface area contributed by atoms with Gasteiger partial charge in [-0.15, -0.1) is 24.1 Å². The van der Waals surface area contributed by atoms with Crippen LogP contribution in [0.25, 0.3) is 0 Å². The van der Waals surface area contributed by atoms with Gasteiger partial charge in [-0.2, -0.15) is 0 Å². The predicted molar refractivity (Wildman–Crippen MR) is 56.1 cm³/mol. The molecular weight excluding hydrogens is 166 g/mol. The van der Waals surface area contributed by atoms with E-state index in [1.807, 2.05) is 11.8 Å². The highest BCUT2D eigenvalue weighted by molar-refractivity contribution is 8.03. The molecular formula is C10H15NS. The summed E-state index contributed by atoms with van der Waals surface area (Å²) in [6.07, 6.45) is 7.17. The number of hydrogen-bond donors (Lipinski definition) is 1. The lowest BCUT2D eigenvalue weighted by atomic mass is 10.2. The van der Waals surface area contributed by atoms with Gasteiger partial charge in [0.15, 0.2) is 0 Å². The molecule has 2 heteroatoms. The number of rotatable bonds is 2. The third-order valence-electron chi connectivity index (χ3n) is 1.92. The Balaban J connectivity index is 2.51. The average molecular weight is 181 g/mol. The molecule has 0 aliphatic carbocycles. The number of nitrogens with one attached hydrogen (secondary N) is 1. The fraction of sp³-hybridized carbons (Fsp3) is 0.600. The molecule has 0 aromatic rings. The maximum Gasteiger partial charge on any atom is 0.0173 e. The quantitative estimate of drug-likeness (QED) is 0.654. The van der Waals surface area contributed by atoms with E-state index < -0.39 is 0 Å². The van der Waals surface area contributed by atoms with Crippen molar-refractivity contribution in [3.05, 3.63) is 10.5 Å². The van der Waals surface area contributed by atoms with Crippen LogP contribution in [0.15, 0.2) is 10.5 Å². The fourth-order valence-electron chi connectivity index (χ4n) is 1.22. The van der Waals surface area contributed by atoms with E-state index in [0.29, 0.717) is 0 Å². The second-order valence-electron chi connectivity index (χ2n) is 2.93. The highest BCUT2D eigenvalue weighted by atomic mass is 32.2. The second-order valence-corrected chi connectivity index (χ2v) is 4.12. The Bertz CT molecular complexity index is 212. The molecule has 1 heterocycles. The van der Waals surface area contributed by atoms with Gasteiger partial charge in [0.25, 0.3) is 0 Å². The van der Waals surface area contributed by atoms with Crippen molar-refractivity contribution in [2.24, 2.45) is 0 Å². The zero-order valence-electron chi connectivity index (χ0n) is 7.52. The molecule has 66 valence electrons. The van der Waals surface area contributed by atoms with Gasteiger partial charge in [-0.05, 0) is 23.8 Å². The van der Waals surface area contributed by atoms with Gasteiger partial charge in [-0.1, -0.05) is 0 Å². The van der Waals surface area contributed by atoms with Gasteiger partial charge in [-0.3, -0.25) is 0 Å². The Hall–Kier alpha value is -0.390. The molecule has 0 aromatic heterocycles. The van der Waals surface area contributed by atoms with E-state index in [9.17, 15) is 0 Å². The smallest absolute Gasteiger partial charge is 0.0173 e. The van der Waals surface area contributed by atoms with Gasteiger partial charge in [0.05, 0.1) is 0 Å². The molecule has 0 aromatic carbocycles. The Kier molecular flexibility index (Phi) is 4.27. The molecule has 1 nitrogen and oxygen atoms in total. The van der Waals surface area contributed by atoms with Crippen LogP contribution in [0.3, 0.4) is 0 Å². The summed E-state index contributed by atoms with van der Waals surface area (Å²) in [7, 11) is 0. The second kappa shape index (κ2) is 5.29. The minimum atomic E-state index is 0.875. The summed E-state index contributed by atoms with van der Waals surface area (Å²) in [6.45, 7) is 4.34. The van der Waals surface area contributed by atoms with Gasteiger partial charge in [-0.25, -0.2) is 0 Å². The minimum absolute atomic E-state index is 0.875. The van der Waals surface area contributed by atoms with Gasteiger partial charge >= 0.3 is 0 Å². The summed E-state index contributed by atoms with van der Waals surface area (Å²) < 4.78 is 0. The Morgan fingerprint density at radius 2 is 2.50 bits per heavy atom. The summed E-state index contributed by atoms with van der Waals surface area (Å²) in [5.74, 6) is 3.87. The molecule has 0 saturated carbocycles. The molecule has 0 bridgehead atoms. The van der Waals surface area contributed by atoms with Crippen molar-refractivity contribution in [1.82, 2.24) is 5.32 Å². The fourth-order valence-corrected chi connectivity index (χ4v) is 2.27. The lowest BCUT2D eigenvalue weighted by Gasteiger charge is -2.05. The van der Waals surface area contributed by atoms with E-state index in [4.69, 9.17) is 6.42 Å². The van der Waals surface area contributed by atoms with Crippen LogP contribution in [-0.4, -0.2) is 18.8 Å². The molecule has 0 radical (unpaired) electrons. The molecule has 12 heavy (non-hydrogen) atoms. The zero-order valence-corrected chi connectivity index (χ0v) is 8.34. The van der Waals surface area contributed by atoms with Crippen molar-refractivity contribution >= 4 is 11.8 Å². The van der Waals surface area contributed by atoms with E-state index in [2.05, 4.69) is 18.2 Å². The van der Waals surface area contributed by atoms with Crippen molar-refractivity contribution in [2.45, 2.75) is 19.8 Å². The summed E-state index contributed by atoms with van der Waals surface area (Å²) in [5, 5.41) is 3.37. The molecule has 0 atom stereocenters. The first-order valence-corrected chi connectivity index (χ1v) is 5.28. The number of hydrogen-bond acceptors (Lipinski definition) is 2. The lowest BCUT2D eigenvalue weighted by Crippen LogP contribution is -2.16. The van der Waals surface area contributed by atoms with Gasteiger partial charge in [0.1, 0.15) is 0 Å². The molecule has 0 spiro atoms. The van der Waals surface area contributed by atoms with E-state index >= 15 is 0 Å². The van der Waals surface area contributed by atoms with Crippen molar-refractivity contribution in [2.75, 3.05) is 18.8 Å². The first-order chi connectivity index (χ1) is 5.84. The van der Waals surface area contributed by atoms with Crippen LogP contribution < -0.4 is 5.32 Å². The predicted octanol–water partition coefficient (Wildman–Crippen LogP) is 2.01. The van der Waals surface area contributed by atoms with E-state index in [0.717, 1.165) is 25.9 Å². The van der Waals surface area contributed by atoms with Crippen LogP contribution in [0.5, 0.6) is 0 Å². The van der Waals surface area contributed by atoms with Gasteiger partial charge in [0.2, 0.25) is 0 Å². The van der Waals surface area contributed by atoms with Crippen LogP contribution in [-0.2, 0) is 0 Å². The van der Waals surface area contributed by atoms with Gasteiger partial charge < -0.3 is 5.32 Å². The Morgan fingerprint density at radius 3 is 3.25 bits per heavy atom. The average Bonchev–Trinajstić information content (AvgIpc) is 2.27. The van der Waals surface area contributed by atoms with Crippen molar-refractivity contribution in [3.8, 4) is 12.3 Å². The van der Waals surface area contributed by atoms with E-state index in [-0.39, 0.29) is 0 Å². The van der Waals surface area contributed by atoms with Crippen molar-refractivity contribution < 1.29 is 0 Å². The maximum atomic E-state index is 5.23. The maximum absolute atomic E-state index is 5.23. The minimum Gasteiger partial charge on any atom is -0.312 e. The molecule has 0 unspecified atom stereocenters. The first-order valence-electron chi connectivity index (χ1n) is 4.30. The standard InChI is InChI=1S/C10H15NS/c1-3-4-5-10-9(2)8-11-6-7-12-10/h1,11H,4-8H2,2H3. The topological polar surface area (TPSA) is 12.0 Å².